The van der Waals surface area contributed by atoms with E-state index in [1.54, 1.807) is 25.1 Å². The molecule has 2 rings (SSSR count). The molecule has 0 saturated carbocycles. The topological polar surface area (TPSA) is 78.4 Å². The van der Waals surface area contributed by atoms with Crippen molar-refractivity contribution >= 4 is 17.7 Å². The van der Waals surface area contributed by atoms with E-state index in [1.165, 1.54) is 0 Å². The standard InChI is InChI=1S/C16H20N2O3/c1-11-6-5-9-13(14(11)15(19)20)18-16(21)17-10-12-7-3-2-4-8-12/h2-3,5-6,9,12H,4,7-8,10H2,1H3,(H,19,20)(H2,17,18,21). The maximum Gasteiger partial charge on any atom is 0.338 e. The molecule has 0 saturated heterocycles. The van der Waals surface area contributed by atoms with E-state index in [4.69, 9.17) is 0 Å². The third-order valence-electron chi connectivity index (χ3n) is 3.66. The molecule has 0 radical (unpaired) electrons. The minimum Gasteiger partial charge on any atom is -0.478 e. The number of nitrogens with one attached hydrogen (secondary N) is 2. The lowest BCUT2D eigenvalue weighted by molar-refractivity contribution is 0.0697. The SMILES string of the molecule is Cc1cccc(NC(=O)NCC2CC=CCC2)c1C(=O)O. The summed E-state index contributed by atoms with van der Waals surface area (Å²) in [6, 6.07) is 4.67. The molecule has 1 aromatic rings. The van der Waals surface area contributed by atoms with Crippen molar-refractivity contribution in [3.63, 3.8) is 0 Å². The lowest BCUT2D eigenvalue weighted by Gasteiger charge is -2.18. The van der Waals surface area contributed by atoms with E-state index in [0.717, 1.165) is 19.3 Å². The van der Waals surface area contributed by atoms with Crippen molar-refractivity contribution in [3.05, 3.63) is 41.5 Å². The third kappa shape index (κ3) is 4.08. The van der Waals surface area contributed by atoms with Crippen molar-refractivity contribution in [1.82, 2.24) is 5.32 Å². The van der Waals surface area contributed by atoms with E-state index in [0.29, 0.717) is 23.7 Å². The first-order valence-electron chi connectivity index (χ1n) is 7.10. The van der Waals surface area contributed by atoms with Gasteiger partial charge in [-0.05, 0) is 43.7 Å². The first kappa shape index (κ1) is 15.1. The van der Waals surface area contributed by atoms with Crippen LogP contribution >= 0.6 is 0 Å². The Bertz CT molecular complexity index is 567. The number of allylic oxidation sites excluding steroid dienone is 2. The Labute approximate surface area is 124 Å². The number of carboxylic acid groups (broad SMARTS) is 1. The van der Waals surface area contributed by atoms with Gasteiger partial charge in [0.2, 0.25) is 0 Å². The van der Waals surface area contributed by atoms with Crippen LogP contribution in [-0.4, -0.2) is 23.7 Å². The van der Waals surface area contributed by atoms with Crippen LogP contribution in [0.15, 0.2) is 30.4 Å². The summed E-state index contributed by atoms with van der Waals surface area (Å²) >= 11 is 0. The van der Waals surface area contributed by atoms with Gasteiger partial charge in [0.1, 0.15) is 0 Å². The normalized spacial score (nSPS) is 17.3. The molecule has 1 atom stereocenters. The molecular formula is C16H20N2O3. The number of urea groups is 1. The highest BCUT2D eigenvalue weighted by atomic mass is 16.4. The smallest absolute Gasteiger partial charge is 0.338 e. The number of carboxylic acids is 1. The predicted molar refractivity (Wildman–Crippen MR) is 81.6 cm³/mol. The molecule has 1 aromatic carbocycles. The van der Waals surface area contributed by atoms with Crippen molar-refractivity contribution in [1.29, 1.82) is 0 Å². The predicted octanol–water partition coefficient (Wildman–Crippen LogP) is 3.17. The zero-order valence-corrected chi connectivity index (χ0v) is 12.1. The molecule has 112 valence electrons. The number of carbonyl (C=O) groups is 2. The van der Waals surface area contributed by atoms with Gasteiger partial charge in [-0.15, -0.1) is 0 Å². The van der Waals surface area contributed by atoms with Gasteiger partial charge in [0, 0.05) is 6.54 Å². The minimum absolute atomic E-state index is 0.133. The molecule has 3 N–H and O–H groups in total. The monoisotopic (exact) mass is 288 g/mol. The van der Waals surface area contributed by atoms with Crippen LogP contribution in [0, 0.1) is 12.8 Å². The Kier molecular flexibility index (Phi) is 4.98. The van der Waals surface area contributed by atoms with Crippen molar-refractivity contribution in [2.75, 3.05) is 11.9 Å². The number of aromatic carboxylic acids is 1. The van der Waals surface area contributed by atoms with Crippen LogP contribution in [0.3, 0.4) is 0 Å². The number of aryl methyl sites for hydroxylation is 1. The van der Waals surface area contributed by atoms with Crippen molar-refractivity contribution in [2.24, 2.45) is 5.92 Å². The molecule has 5 nitrogen and oxygen atoms in total. The molecule has 1 aliphatic rings. The number of benzene rings is 1. The molecule has 1 unspecified atom stereocenters. The zero-order chi connectivity index (χ0) is 15.2. The van der Waals surface area contributed by atoms with E-state index in [2.05, 4.69) is 22.8 Å². The summed E-state index contributed by atoms with van der Waals surface area (Å²) in [5, 5.41) is 14.6. The third-order valence-corrected chi connectivity index (χ3v) is 3.66. The largest absolute Gasteiger partial charge is 0.478 e. The van der Waals surface area contributed by atoms with Crippen LogP contribution in [0.2, 0.25) is 0 Å². The number of hydrogen-bond donors (Lipinski definition) is 3. The van der Waals surface area contributed by atoms with Gasteiger partial charge >= 0.3 is 12.0 Å². The molecule has 0 heterocycles. The number of anilines is 1. The molecule has 0 aromatic heterocycles. The molecule has 1 aliphatic carbocycles. The maximum absolute atomic E-state index is 11.9. The number of amides is 2. The summed E-state index contributed by atoms with van der Waals surface area (Å²) in [5.41, 5.74) is 1.08. The van der Waals surface area contributed by atoms with E-state index in [1.807, 2.05) is 0 Å². The Balaban J connectivity index is 1.95. The second kappa shape index (κ2) is 6.92. The van der Waals surface area contributed by atoms with Crippen LogP contribution < -0.4 is 10.6 Å². The number of hydrogen-bond acceptors (Lipinski definition) is 2. The minimum atomic E-state index is -1.04. The van der Waals surface area contributed by atoms with E-state index >= 15 is 0 Å². The van der Waals surface area contributed by atoms with Crippen LogP contribution in [0.5, 0.6) is 0 Å². The number of carbonyl (C=O) groups excluding carboxylic acids is 1. The second-order valence-electron chi connectivity index (χ2n) is 5.29. The van der Waals surface area contributed by atoms with Crippen molar-refractivity contribution in [2.45, 2.75) is 26.2 Å². The fraction of sp³-hybridized carbons (Fsp3) is 0.375. The van der Waals surface area contributed by atoms with Crippen LogP contribution in [0.4, 0.5) is 10.5 Å². The van der Waals surface area contributed by atoms with Crippen LogP contribution in [0.1, 0.15) is 35.2 Å². The molecule has 0 spiro atoms. The van der Waals surface area contributed by atoms with Crippen molar-refractivity contribution in [3.8, 4) is 0 Å². The second-order valence-corrected chi connectivity index (χ2v) is 5.29. The summed E-state index contributed by atoms with van der Waals surface area (Å²) in [6.07, 6.45) is 7.39. The van der Waals surface area contributed by atoms with E-state index in [9.17, 15) is 14.7 Å². The van der Waals surface area contributed by atoms with Gasteiger partial charge in [0.15, 0.2) is 0 Å². The van der Waals surface area contributed by atoms with Gasteiger partial charge in [-0.3, -0.25) is 0 Å². The molecule has 5 heteroatoms. The Hall–Kier alpha value is -2.30. The summed E-state index contributed by atoms with van der Waals surface area (Å²) in [5.74, 6) is -0.585. The summed E-state index contributed by atoms with van der Waals surface area (Å²) in [7, 11) is 0. The van der Waals surface area contributed by atoms with Crippen LogP contribution in [0.25, 0.3) is 0 Å². The highest BCUT2D eigenvalue weighted by molar-refractivity contribution is 6.01. The van der Waals surface area contributed by atoms with Crippen molar-refractivity contribution < 1.29 is 14.7 Å². The summed E-state index contributed by atoms with van der Waals surface area (Å²) in [4.78, 5) is 23.2. The van der Waals surface area contributed by atoms with Gasteiger partial charge in [0.05, 0.1) is 11.3 Å². The fourth-order valence-corrected chi connectivity index (χ4v) is 2.50. The van der Waals surface area contributed by atoms with E-state index < -0.39 is 5.97 Å². The number of rotatable bonds is 4. The van der Waals surface area contributed by atoms with Gasteiger partial charge in [-0.2, -0.15) is 0 Å². The first-order chi connectivity index (χ1) is 10.1. The lowest BCUT2D eigenvalue weighted by atomic mass is 9.94. The molecule has 0 aliphatic heterocycles. The molecule has 2 amide bonds. The molecule has 21 heavy (non-hydrogen) atoms. The lowest BCUT2D eigenvalue weighted by Crippen LogP contribution is -2.33. The Morgan fingerprint density at radius 3 is 2.81 bits per heavy atom. The summed E-state index contributed by atoms with van der Waals surface area (Å²) < 4.78 is 0. The van der Waals surface area contributed by atoms with E-state index in [-0.39, 0.29) is 11.6 Å². The van der Waals surface area contributed by atoms with Crippen LogP contribution in [-0.2, 0) is 0 Å². The average Bonchev–Trinajstić information content (AvgIpc) is 2.46. The zero-order valence-electron chi connectivity index (χ0n) is 12.1. The Morgan fingerprint density at radius 1 is 1.33 bits per heavy atom. The highest BCUT2D eigenvalue weighted by Gasteiger charge is 2.16. The fourth-order valence-electron chi connectivity index (χ4n) is 2.50. The molecule has 0 fully saturated rings. The maximum atomic E-state index is 11.9. The highest BCUT2D eigenvalue weighted by Crippen LogP contribution is 2.20. The first-order valence-corrected chi connectivity index (χ1v) is 7.10. The quantitative estimate of drug-likeness (QED) is 0.745. The molecule has 0 bridgehead atoms. The van der Waals surface area contributed by atoms with Gasteiger partial charge in [-0.1, -0.05) is 24.3 Å². The molecular weight excluding hydrogens is 268 g/mol. The Morgan fingerprint density at radius 2 is 2.14 bits per heavy atom. The van der Waals surface area contributed by atoms with Gasteiger partial charge in [-0.25, -0.2) is 9.59 Å². The summed E-state index contributed by atoms with van der Waals surface area (Å²) in [6.45, 7) is 2.31. The van der Waals surface area contributed by atoms with Gasteiger partial charge < -0.3 is 15.7 Å². The van der Waals surface area contributed by atoms with Gasteiger partial charge in [0.25, 0.3) is 0 Å². The average molecular weight is 288 g/mol.